The van der Waals surface area contributed by atoms with Crippen molar-refractivity contribution in [3.05, 3.63) is 89.0 Å². The van der Waals surface area contributed by atoms with Gasteiger partial charge in [0.05, 0.1) is 23.9 Å². The van der Waals surface area contributed by atoms with Gasteiger partial charge < -0.3 is 15.4 Å². The predicted octanol–water partition coefficient (Wildman–Crippen LogP) is 6.24. The molecule has 11 heteroatoms. The van der Waals surface area contributed by atoms with E-state index in [0.717, 1.165) is 24.3 Å². The lowest BCUT2D eigenvalue weighted by Crippen LogP contribution is -2.16. The van der Waals surface area contributed by atoms with Crippen LogP contribution in [0.2, 0.25) is 0 Å². The van der Waals surface area contributed by atoms with Crippen molar-refractivity contribution in [1.82, 2.24) is 0 Å². The second kappa shape index (κ2) is 9.46. The highest BCUT2D eigenvalue weighted by atomic mass is 19.4. The number of carbonyl (C=O) groups is 2. The van der Waals surface area contributed by atoms with Crippen LogP contribution in [-0.2, 0) is 12.4 Å². The van der Waals surface area contributed by atoms with Gasteiger partial charge in [0.25, 0.3) is 11.8 Å². The van der Waals surface area contributed by atoms with Gasteiger partial charge in [0.2, 0.25) is 0 Å². The van der Waals surface area contributed by atoms with E-state index in [1.165, 1.54) is 37.4 Å². The number of hydrogen-bond donors (Lipinski definition) is 2. The molecule has 3 aromatic carbocycles. The van der Waals surface area contributed by atoms with E-state index in [-0.39, 0.29) is 28.3 Å². The summed E-state index contributed by atoms with van der Waals surface area (Å²) < 4.78 is 82.6. The zero-order valence-corrected chi connectivity index (χ0v) is 17.3. The van der Waals surface area contributed by atoms with Crippen LogP contribution >= 0.6 is 0 Å². The summed E-state index contributed by atoms with van der Waals surface area (Å²) in [6.07, 6.45) is -9.27. The van der Waals surface area contributed by atoms with Gasteiger partial charge in [0.1, 0.15) is 5.75 Å². The second-order valence-corrected chi connectivity index (χ2v) is 6.98. The summed E-state index contributed by atoms with van der Waals surface area (Å²) in [5.74, 6) is -1.57. The first kappa shape index (κ1) is 24.6. The number of halogens is 6. The Balaban J connectivity index is 1.83. The second-order valence-electron chi connectivity index (χ2n) is 6.98. The quantitative estimate of drug-likeness (QED) is 0.424. The van der Waals surface area contributed by atoms with Gasteiger partial charge in [-0.3, -0.25) is 9.59 Å². The normalized spacial score (nSPS) is 11.6. The van der Waals surface area contributed by atoms with Crippen molar-refractivity contribution in [2.24, 2.45) is 0 Å². The molecule has 0 spiro atoms. The summed E-state index contributed by atoms with van der Waals surface area (Å²) in [5, 5.41) is 4.82. The van der Waals surface area contributed by atoms with Crippen molar-refractivity contribution >= 4 is 23.2 Å². The van der Waals surface area contributed by atoms with Crippen LogP contribution in [0, 0.1) is 0 Å². The standard InChI is InChI=1S/C23H16F6N2O3/c1-34-19-9-8-17(30-20(32)13-4-2-6-15(10-13)22(24,25)26)12-18(19)31-21(33)14-5-3-7-16(11-14)23(27,28)29/h2-12H,1H3,(H,30,32)(H,31,33). The Morgan fingerprint density at radius 2 is 1.21 bits per heavy atom. The molecule has 0 unspecified atom stereocenters. The molecule has 0 radical (unpaired) electrons. The van der Waals surface area contributed by atoms with Gasteiger partial charge in [-0.2, -0.15) is 26.3 Å². The number of benzene rings is 3. The van der Waals surface area contributed by atoms with Crippen LogP contribution in [0.4, 0.5) is 37.7 Å². The lowest BCUT2D eigenvalue weighted by molar-refractivity contribution is -0.138. The Morgan fingerprint density at radius 3 is 1.68 bits per heavy atom. The number of nitrogens with one attached hydrogen (secondary N) is 2. The third kappa shape index (κ3) is 5.85. The zero-order chi connectivity index (χ0) is 25.1. The molecule has 0 aromatic heterocycles. The van der Waals surface area contributed by atoms with E-state index >= 15 is 0 Å². The summed E-state index contributed by atoms with van der Waals surface area (Å²) in [7, 11) is 1.29. The number of anilines is 2. The lowest BCUT2D eigenvalue weighted by Gasteiger charge is -2.14. The van der Waals surface area contributed by atoms with Gasteiger partial charge >= 0.3 is 12.4 Å². The first-order valence-electron chi connectivity index (χ1n) is 9.54. The first-order valence-corrected chi connectivity index (χ1v) is 9.54. The number of rotatable bonds is 5. The third-order valence-corrected chi connectivity index (χ3v) is 4.61. The Morgan fingerprint density at radius 1 is 0.706 bits per heavy atom. The van der Waals surface area contributed by atoms with Gasteiger partial charge in [-0.05, 0) is 54.6 Å². The summed E-state index contributed by atoms with van der Waals surface area (Å²) >= 11 is 0. The molecule has 0 aliphatic rings. The Kier molecular flexibility index (Phi) is 6.85. The van der Waals surface area contributed by atoms with E-state index in [2.05, 4.69) is 10.6 Å². The van der Waals surface area contributed by atoms with Gasteiger partial charge in [-0.15, -0.1) is 0 Å². The van der Waals surface area contributed by atoms with Crippen LogP contribution in [0.5, 0.6) is 5.75 Å². The SMILES string of the molecule is COc1ccc(NC(=O)c2cccc(C(F)(F)F)c2)cc1NC(=O)c1cccc(C(F)(F)F)c1. The molecule has 0 heterocycles. The van der Waals surface area contributed by atoms with E-state index < -0.39 is 35.3 Å². The molecule has 0 bridgehead atoms. The summed E-state index contributed by atoms with van der Waals surface area (Å²) in [6.45, 7) is 0. The molecule has 3 rings (SSSR count). The minimum absolute atomic E-state index is 0.0201. The molecule has 34 heavy (non-hydrogen) atoms. The number of hydrogen-bond acceptors (Lipinski definition) is 3. The van der Waals surface area contributed by atoms with Crippen LogP contribution in [0.15, 0.2) is 66.7 Å². The molecule has 3 aromatic rings. The molecule has 0 atom stereocenters. The van der Waals surface area contributed by atoms with Gasteiger partial charge in [0.15, 0.2) is 0 Å². The highest BCUT2D eigenvalue weighted by Crippen LogP contribution is 2.32. The van der Waals surface area contributed by atoms with E-state index in [0.29, 0.717) is 12.1 Å². The van der Waals surface area contributed by atoms with Crippen LogP contribution in [0.1, 0.15) is 31.8 Å². The molecule has 0 saturated heterocycles. The van der Waals surface area contributed by atoms with E-state index in [4.69, 9.17) is 4.74 Å². The average molecular weight is 482 g/mol. The fourth-order valence-electron chi connectivity index (χ4n) is 2.95. The first-order chi connectivity index (χ1) is 15.9. The molecule has 2 amide bonds. The Bertz CT molecular complexity index is 1220. The van der Waals surface area contributed by atoms with Crippen LogP contribution in [0.3, 0.4) is 0 Å². The Labute approximate surface area is 189 Å². The topological polar surface area (TPSA) is 67.4 Å². The molecule has 2 N–H and O–H groups in total. The molecule has 5 nitrogen and oxygen atoms in total. The third-order valence-electron chi connectivity index (χ3n) is 4.61. The van der Waals surface area contributed by atoms with Crippen molar-refractivity contribution in [3.63, 3.8) is 0 Å². The maximum atomic E-state index is 12.9. The number of ether oxygens (including phenoxy) is 1. The van der Waals surface area contributed by atoms with Crippen molar-refractivity contribution in [2.75, 3.05) is 17.7 Å². The molecule has 0 fully saturated rings. The molecule has 0 aliphatic carbocycles. The molecular formula is C23H16F6N2O3. The summed E-state index contributed by atoms with van der Waals surface area (Å²) in [6, 6.07) is 11.6. The smallest absolute Gasteiger partial charge is 0.416 e. The maximum absolute atomic E-state index is 12.9. The number of carbonyl (C=O) groups excluding carboxylic acids is 2. The molecule has 0 saturated carbocycles. The largest absolute Gasteiger partial charge is 0.495 e. The molecular weight excluding hydrogens is 466 g/mol. The number of methoxy groups -OCH3 is 1. The van der Waals surface area contributed by atoms with Crippen molar-refractivity contribution in [3.8, 4) is 5.75 Å². The maximum Gasteiger partial charge on any atom is 0.416 e. The summed E-state index contributed by atoms with van der Waals surface area (Å²) in [5.41, 5.74) is -2.40. The summed E-state index contributed by atoms with van der Waals surface area (Å²) in [4.78, 5) is 25.0. The Hall–Kier alpha value is -4.02. The van der Waals surface area contributed by atoms with E-state index in [1.807, 2.05) is 0 Å². The zero-order valence-electron chi connectivity index (χ0n) is 17.3. The number of amides is 2. The predicted molar refractivity (Wildman–Crippen MR) is 112 cm³/mol. The average Bonchev–Trinajstić information content (AvgIpc) is 2.78. The van der Waals surface area contributed by atoms with Crippen LogP contribution < -0.4 is 15.4 Å². The van der Waals surface area contributed by atoms with Crippen molar-refractivity contribution in [2.45, 2.75) is 12.4 Å². The van der Waals surface area contributed by atoms with Crippen LogP contribution in [-0.4, -0.2) is 18.9 Å². The molecule has 178 valence electrons. The van der Waals surface area contributed by atoms with Crippen molar-refractivity contribution in [1.29, 1.82) is 0 Å². The minimum atomic E-state index is -4.64. The van der Waals surface area contributed by atoms with Gasteiger partial charge in [-0.1, -0.05) is 12.1 Å². The van der Waals surface area contributed by atoms with Crippen molar-refractivity contribution < 1.29 is 40.7 Å². The monoisotopic (exact) mass is 482 g/mol. The minimum Gasteiger partial charge on any atom is -0.495 e. The fraction of sp³-hybridized carbons (Fsp3) is 0.130. The van der Waals surface area contributed by atoms with Gasteiger partial charge in [-0.25, -0.2) is 0 Å². The van der Waals surface area contributed by atoms with E-state index in [9.17, 15) is 35.9 Å². The van der Waals surface area contributed by atoms with Gasteiger partial charge in [0, 0.05) is 16.8 Å². The number of alkyl halides is 6. The fourth-order valence-corrected chi connectivity index (χ4v) is 2.95. The van der Waals surface area contributed by atoms with E-state index in [1.54, 1.807) is 0 Å². The molecule has 0 aliphatic heterocycles. The highest BCUT2D eigenvalue weighted by molar-refractivity contribution is 6.07. The lowest BCUT2D eigenvalue weighted by atomic mass is 10.1. The highest BCUT2D eigenvalue weighted by Gasteiger charge is 2.31. The van der Waals surface area contributed by atoms with Crippen LogP contribution in [0.25, 0.3) is 0 Å².